The van der Waals surface area contributed by atoms with E-state index < -0.39 is 0 Å². The molecule has 0 aromatic carbocycles. The molecule has 1 saturated heterocycles. The van der Waals surface area contributed by atoms with Crippen LogP contribution in [0, 0.1) is 5.92 Å². The van der Waals surface area contributed by atoms with Crippen molar-refractivity contribution in [1.82, 2.24) is 14.7 Å². The number of piperidine rings is 1. The minimum absolute atomic E-state index is 0.000429. The first-order valence-corrected chi connectivity index (χ1v) is 8.76. The molecule has 1 unspecified atom stereocenters. The Labute approximate surface area is 147 Å². The molecule has 3 heterocycles. The van der Waals surface area contributed by atoms with Crippen LogP contribution in [0.1, 0.15) is 49.5 Å². The molecular formula is C18H24N4O3. The molecule has 0 bridgehead atoms. The van der Waals surface area contributed by atoms with Gasteiger partial charge in [-0.2, -0.15) is 5.10 Å². The van der Waals surface area contributed by atoms with E-state index in [4.69, 9.17) is 4.42 Å². The third-order valence-corrected chi connectivity index (χ3v) is 4.85. The van der Waals surface area contributed by atoms with E-state index in [1.165, 1.54) is 12.5 Å². The Kier molecular flexibility index (Phi) is 5.21. The van der Waals surface area contributed by atoms with Crippen LogP contribution in [0.5, 0.6) is 0 Å². The number of carbonyl (C=O) groups is 2. The Morgan fingerprint density at radius 1 is 1.36 bits per heavy atom. The number of amides is 2. The van der Waals surface area contributed by atoms with E-state index in [-0.39, 0.29) is 23.8 Å². The molecule has 3 rings (SSSR count). The summed E-state index contributed by atoms with van der Waals surface area (Å²) in [6.07, 6.45) is 6.91. The lowest BCUT2D eigenvalue weighted by molar-refractivity contribution is -0.121. The number of rotatable bonds is 5. The molecule has 0 saturated carbocycles. The van der Waals surface area contributed by atoms with Gasteiger partial charge >= 0.3 is 0 Å². The average molecular weight is 344 g/mol. The first kappa shape index (κ1) is 17.3. The molecule has 7 heteroatoms. The van der Waals surface area contributed by atoms with Gasteiger partial charge in [0.2, 0.25) is 5.91 Å². The van der Waals surface area contributed by atoms with Crippen molar-refractivity contribution < 1.29 is 14.0 Å². The topological polar surface area (TPSA) is 80.4 Å². The summed E-state index contributed by atoms with van der Waals surface area (Å²) in [6.45, 7) is 5.31. The number of nitrogens with zero attached hydrogens (tertiary/aromatic N) is 3. The molecule has 1 aliphatic rings. The van der Waals surface area contributed by atoms with Gasteiger partial charge in [0.15, 0.2) is 0 Å². The maximum atomic E-state index is 12.6. The van der Waals surface area contributed by atoms with Gasteiger partial charge in [-0.05, 0) is 32.3 Å². The second-order valence-corrected chi connectivity index (χ2v) is 6.49. The highest BCUT2D eigenvalue weighted by Crippen LogP contribution is 2.22. The van der Waals surface area contributed by atoms with E-state index in [9.17, 15) is 9.59 Å². The molecular weight excluding hydrogens is 320 g/mol. The second-order valence-electron chi connectivity index (χ2n) is 6.49. The van der Waals surface area contributed by atoms with Gasteiger partial charge in [-0.3, -0.25) is 9.59 Å². The van der Waals surface area contributed by atoms with Crippen LogP contribution in [-0.2, 0) is 4.79 Å². The van der Waals surface area contributed by atoms with Crippen molar-refractivity contribution in [3.63, 3.8) is 0 Å². The first-order valence-electron chi connectivity index (χ1n) is 8.76. The summed E-state index contributed by atoms with van der Waals surface area (Å²) >= 11 is 0. The standard InChI is InChI=1S/C18H24N4O3/c1-3-13(2)22-16(4-8-19-22)20-17(23)14-5-9-21(10-6-14)18(24)15-7-11-25-12-15/h4,7-8,11-14H,3,5-6,9-10H2,1-2H3,(H,20,23). The molecule has 7 nitrogen and oxygen atoms in total. The molecule has 134 valence electrons. The number of furan rings is 1. The van der Waals surface area contributed by atoms with E-state index in [1.807, 2.05) is 10.7 Å². The Bertz CT molecular complexity index is 715. The zero-order chi connectivity index (χ0) is 17.8. The van der Waals surface area contributed by atoms with Gasteiger partial charge in [0.05, 0.1) is 24.1 Å². The molecule has 0 radical (unpaired) electrons. The second kappa shape index (κ2) is 7.55. The fourth-order valence-electron chi connectivity index (χ4n) is 3.08. The van der Waals surface area contributed by atoms with E-state index >= 15 is 0 Å². The van der Waals surface area contributed by atoms with Crippen molar-refractivity contribution in [3.8, 4) is 0 Å². The Hall–Kier alpha value is -2.57. The summed E-state index contributed by atoms with van der Waals surface area (Å²) in [6, 6.07) is 3.72. The average Bonchev–Trinajstić information content (AvgIpc) is 3.32. The van der Waals surface area contributed by atoms with Gasteiger partial charge in [0.25, 0.3) is 5.91 Å². The number of anilines is 1. The van der Waals surface area contributed by atoms with Crippen LogP contribution in [0.25, 0.3) is 0 Å². The third kappa shape index (κ3) is 3.75. The fourth-order valence-corrected chi connectivity index (χ4v) is 3.08. The summed E-state index contributed by atoms with van der Waals surface area (Å²) in [5.74, 6) is 0.604. The lowest BCUT2D eigenvalue weighted by atomic mass is 9.95. The zero-order valence-electron chi connectivity index (χ0n) is 14.6. The van der Waals surface area contributed by atoms with Crippen LogP contribution in [0.2, 0.25) is 0 Å². The van der Waals surface area contributed by atoms with Crippen molar-refractivity contribution in [3.05, 3.63) is 36.4 Å². The molecule has 0 spiro atoms. The summed E-state index contributed by atoms with van der Waals surface area (Å²) in [5, 5.41) is 7.28. The third-order valence-electron chi connectivity index (χ3n) is 4.85. The molecule has 2 aromatic heterocycles. The maximum Gasteiger partial charge on any atom is 0.257 e. The summed E-state index contributed by atoms with van der Waals surface area (Å²) in [5.41, 5.74) is 0.556. The summed E-state index contributed by atoms with van der Waals surface area (Å²) in [4.78, 5) is 26.6. The van der Waals surface area contributed by atoms with E-state index in [0.717, 1.165) is 12.2 Å². The van der Waals surface area contributed by atoms with E-state index in [1.54, 1.807) is 17.2 Å². The number of carbonyl (C=O) groups excluding carboxylic acids is 2. The SMILES string of the molecule is CCC(C)n1nccc1NC(=O)C1CCN(C(=O)c2ccoc2)CC1. The molecule has 0 aliphatic carbocycles. The molecule has 2 amide bonds. The molecule has 1 aliphatic heterocycles. The van der Waals surface area contributed by atoms with Gasteiger partial charge in [0, 0.05) is 25.1 Å². The smallest absolute Gasteiger partial charge is 0.257 e. The van der Waals surface area contributed by atoms with Crippen LogP contribution in [0.15, 0.2) is 35.3 Å². The molecule has 1 fully saturated rings. The van der Waals surface area contributed by atoms with Crippen LogP contribution >= 0.6 is 0 Å². The number of hydrogen-bond donors (Lipinski definition) is 1. The van der Waals surface area contributed by atoms with Gasteiger partial charge in [-0.1, -0.05) is 6.92 Å². The maximum absolute atomic E-state index is 12.6. The van der Waals surface area contributed by atoms with E-state index in [0.29, 0.717) is 31.5 Å². The lowest BCUT2D eigenvalue weighted by Crippen LogP contribution is -2.41. The molecule has 25 heavy (non-hydrogen) atoms. The number of hydrogen-bond acceptors (Lipinski definition) is 4. The number of likely N-dealkylation sites (tertiary alicyclic amines) is 1. The highest BCUT2D eigenvalue weighted by Gasteiger charge is 2.28. The Morgan fingerprint density at radius 2 is 2.12 bits per heavy atom. The normalized spacial score (nSPS) is 16.6. The van der Waals surface area contributed by atoms with Crippen molar-refractivity contribution in [2.24, 2.45) is 5.92 Å². The van der Waals surface area contributed by atoms with Crippen LogP contribution in [0.4, 0.5) is 5.82 Å². The number of nitrogens with one attached hydrogen (secondary N) is 1. The molecule has 1 N–H and O–H groups in total. The van der Waals surface area contributed by atoms with Gasteiger partial charge < -0.3 is 14.6 Å². The Balaban J connectivity index is 1.55. The van der Waals surface area contributed by atoms with Crippen molar-refractivity contribution in [2.45, 2.75) is 39.2 Å². The van der Waals surface area contributed by atoms with Gasteiger partial charge in [-0.25, -0.2) is 4.68 Å². The van der Waals surface area contributed by atoms with E-state index in [2.05, 4.69) is 24.3 Å². The first-order chi connectivity index (χ1) is 12.1. The lowest BCUT2D eigenvalue weighted by Gasteiger charge is -2.31. The molecule has 1 atom stereocenters. The minimum atomic E-state index is -0.0892. The van der Waals surface area contributed by atoms with Crippen molar-refractivity contribution in [1.29, 1.82) is 0 Å². The largest absolute Gasteiger partial charge is 0.472 e. The number of aromatic nitrogens is 2. The van der Waals surface area contributed by atoms with Crippen LogP contribution < -0.4 is 5.32 Å². The van der Waals surface area contributed by atoms with Gasteiger partial charge in [0.1, 0.15) is 12.1 Å². The van der Waals surface area contributed by atoms with Crippen LogP contribution in [-0.4, -0.2) is 39.6 Å². The monoisotopic (exact) mass is 344 g/mol. The highest BCUT2D eigenvalue weighted by molar-refractivity contribution is 5.94. The fraction of sp³-hybridized carbons (Fsp3) is 0.500. The van der Waals surface area contributed by atoms with Crippen molar-refractivity contribution >= 4 is 17.6 Å². The van der Waals surface area contributed by atoms with Crippen LogP contribution in [0.3, 0.4) is 0 Å². The summed E-state index contributed by atoms with van der Waals surface area (Å²) in [7, 11) is 0. The predicted molar refractivity (Wildman–Crippen MR) is 93.2 cm³/mol. The highest BCUT2D eigenvalue weighted by atomic mass is 16.3. The quantitative estimate of drug-likeness (QED) is 0.904. The Morgan fingerprint density at radius 3 is 2.76 bits per heavy atom. The van der Waals surface area contributed by atoms with Gasteiger partial charge in [-0.15, -0.1) is 0 Å². The predicted octanol–water partition coefficient (Wildman–Crippen LogP) is 2.94. The minimum Gasteiger partial charge on any atom is -0.472 e. The van der Waals surface area contributed by atoms with Crippen molar-refractivity contribution in [2.75, 3.05) is 18.4 Å². The molecule has 2 aromatic rings. The zero-order valence-corrected chi connectivity index (χ0v) is 14.6. The summed E-state index contributed by atoms with van der Waals surface area (Å²) < 4.78 is 6.81.